The topological polar surface area (TPSA) is 82.1 Å². The van der Waals surface area contributed by atoms with Crippen LogP contribution in [-0.4, -0.2) is 36.2 Å². The summed E-state index contributed by atoms with van der Waals surface area (Å²) < 4.78 is 16.9. The molecule has 1 aromatic rings. The highest BCUT2D eigenvalue weighted by molar-refractivity contribution is 5.97. The number of rotatable bonds is 16. The number of hydrogen-bond acceptors (Lipinski definition) is 6. The van der Waals surface area contributed by atoms with Gasteiger partial charge in [0.1, 0.15) is 28.9 Å². The number of carbonyl (C=O) groups excluding carboxylic acids is 2. The van der Waals surface area contributed by atoms with Crippen LogP contribution in [-0.2, 0) is 9.53 Å². The van der Waals surface area contributed by atoms with Crippen molar-refractivity contribution in [1.29, 1.82) is 0 Å². The Balaban J connectivity index is 1.67. The number of cyclic esters (lactones) is 1. The highest BCUT2D eigenvalue weighted by atomic mass is 16.6. The van der Waals surface area contributed by atoms with Gasteiger partial charge in [0.25, 0.3) is 0 Å². The van der Waals surface area contributed by atoms with Crippen LogP contribution >= 0.6 is 0 Å². The van der Waals surface area contributed by atoms with Gasteiger partial charge < -0.3 is 19.3 Å². The SMILES string of the molecule is COc1cc(OC(C)C)cc2c1C(=O)OC2CCCCCCCCCC(=O)CCC(C)O. The standard InChI is InChI=1S/C26H40O6/c1-18(2)31-21-16-22-23(32-26(29)25(22)24(17-21)30-4)13-11-9-7-5-6-8-10-12-20(28)15-14-19(3)27/h16-19,23,27H,5-15H2,1-4H3. The van der Waals surface area contributed by atoms with Crippen LogP contribution < -0.4 is 9.47 Å². The number of esters is 1. The van der Waals surface area contributed by atoms with E-state index in [0.717, 1.165) is 56.9 Å². The van der Waals surface area contributed by atoms with Crippen LogP contribution in [0.5, 0.6) is 11.5 Å². The molecule has 0 saturated carbocycles. The van der Waals surface area contributed by atoms with Gasteiger partial charge in [0.05, 0.1) is 19.3 Å². The minimum Gasteiger partial charge on any atom is -0.496 e. The number of carbonyl (C=O) groups is 2. The third kappa shape index (κ3) is 8.45. The summed E-state index contributed by atoms with van der Waals surface area (Å²) in [7, 11) is 1.56. The molecule has 0 fully saturated rings. The first kappa shape index (κ1) is 26.2. The number of fused-ring (bicyclic) bond motifs is 1. The number of ketones is 1. The Kier molecular flexibility index (Phi) is 11.0. The normalized spacial score (nSPS) is 16.1. The van der Waals surface area contributed by atoms with Crippen molar-refractivity contribution in [2.75, 3.05) is 7.11 Å². The van der Waals surface area contributed by atoms with Crippen LogP contribution in [0.1, 0.15) is 113 Å². The van der Waals surface area contributed by atoms with E-state index in [1.807, 2.05) is 19.9 Å². The van der Waals surface area contributed by atoms with E-state index in [-0.39, 0.29) is 24.0 Å². The number of hydrogen-bond donors (Lipinski definition) is 1. The number of Topliss-reactive ketones (excluding diaryl/α,β-unsaturated/α-hetero) is 1. The molecule has 1 N–H and O–H groups in total. The maximum Gasteiger partial charge on any atom is 0.342 e. The fourth-order valence-corrected chi connectivity index (χ4v) is 4.08. The van der Waals surface area contributed by atoms with Crippen molar-refractivity contribution in [2.45, 2.75) is 110 Å². The predicted octanol–water partition coefficient (Wildman–Crippen LogP) is 5.93. The van der Waals surface area contributed by atoms with E-state index in [9.17, 15) is 14.7 Å². The highest BCUT2D eigenvalue weighted by Crippen LogP contribution is 2.42. The second kappa shape index (κ2) is 13.5. The van der Waals surface area contributed by atoms with Crippen LogP contribution in [0.3, 0.4) is 0 Å². The van der Waals surface area contributed by atoms with Gasteiger partial charge in [-0.05, 0) is 52.5 Å². The number of unbranched alkanes of at least 4 members (excludes halogenated alkanes) is 6. The fraction of sp³-hybridized carbons (Fsp3) is 0.692. The number of aliphatic hydroxyl groups excluding tert-OH is 1. The fourth-order valence-electron chi connectivity index (χ4n) is 4.08. The summed E-state index contributed by atoms with van der Waals surface area (Å²) in [5.74, 6) is 1.15. The summed E-state index contributed by atoms with van der Waals surface area (Å²) in [6, 6.07) is 3.67. The maximum absolute atomic E-state index is 12.4. The average molecular weight is 449 g/mol. The molecule has 1 aliphatic heterocycles. The van der Waals surface area contributed by atoms with E-state index in [1.165, 1.54) is 0 Å². The van der Waals surface area contributed by atoms with Gasteiger partial charge in [-0.15, -0.1) is 0 Å². The molecule has 2 atom stereocenters. The molecule has 0 spiro atoms. The van der Waals surface area contributed by atoms with Crippen molar-refractivity contribution in [3.63, 3.8) is 0 Å². The molecule has 0 bridgehead atoms. The summed E-state index contributed by atoms with van der Waals surface area (Å²) in [6.45, 7) is 5.65. The molecule has 2 unspecified atom stereocenters. The highest BCUT2D eigenvalue weighted by Gasteiger charge is 2.34. The monoisotopic (exact) mass is 448 g/mol. The Morgan fingerprint density at radius 2 is 1.69 bits per heavy atom. The van der Waals surface area contributed by atoms with Gasteiger partial charge in [-0.2, -0.15) is 0 Å². The third-order valence-electron chi connectivity index (χ3n) is 5.76. The molecular weight excluding hydrogens is 408 g/mol. The van der Waals surface area contributed by atoms with Gasteiger partial charge in [0.15, 0.2) is 0 Å². The van der Waals surface area contributed by atoms with E-state index in [2.05, 4.69) is 0 Å². The lowest BCUT2D eigenvalue weighted by Gasteiger charge is -2.15. The van der Waals surface area contributed by atoms with Gasteiger partial charge in [-0.3, -0.25) is 4.79 Å². The molecule has 1 heterocycles. The summed E-state index contributed by atoms with van der Waals surface area (Å²) in [5, 5.41) is 9.22. The second-order valence-corrected chi connectivity index (χ2v) is 9.09. The predicted molar refractivity (Wildman–Crippen MR) is 124 cm³/mol. The van der Waals surface area contributed by atoms with Gasteiger partial charge in [0.2, 0.25) is 0 Å². The zero-order valence-corrected chi connectivity index (χ0v) is 20.2. The Morgan fingerprint density at radius 1 is 1.03 bits per heavy atom. The van der Waals surface area contributed by atoms with Gasteiger partial charge >= 0.3 is 5.97 Å². The van der Waals surface area contributed by atoms with Crippen molar-refractivity contribution in [2.24, 2.45) is 0 Å². The molecule has 1 aliphatic rings. The van der Waals surface area contributed by atoms with E-state index in [1.54, 1.807) is 20.1 Å². The number of ether oxygens (including phenoxy) is 3. The molecule has 0 aromatic heterocycles. The molecule has 0 aliphatic carbocycles. The number of aliphatic hydroxyl groups is 1. The molecule has 32 heavy (non-hydrogen) atoms. The molecule has 180 valence electrons. The van der Waals surface area contributed by atoms with Crippen molar-refractivity contribution in [3.8, 4) is 11.5 Å². The van der Waals surface area contributed by atoms with Crippen LogP contribution in [0.15, 0.2) is 12.1 Å². The lowest BCUT2D eigenvalue weighted by molar-refractivity contribution is -0.119. The minimum atomic E-state index is -0.391. The smallest absolute Gasteiger partial charge is 0.342 e. The summed E-state index contributed by atoms with van der Waals surface area (Å²) >= 11 is 0. The average Bonchev–Trinajstić information content (AvgIpc) is 3.05. The Hall–Kier alpha value is -2.08. The van der Waals surface area contributed by atoms with E-state index >= 15 is 0 Å². The Bertz CT molecular complexity index is 740. The van der Waals surface area contributed by atoms with Crippen molar-refractivity contribution in [3.05, 3.63) is 23.3 Å². The van der Waals surface area contributed by atoms with E-state index < -0.39 is 6.10 Å². The van der Waals surface area contributed by atoms with Gasteiger partial charge in [0, 0.05) is 24.5 Å². The van der Waals surface area contributed by atoms with Crippen LogP contribution in [0.4, 0.5) is 0 Å². The molecule has 0 saturated heterocycles. The molecule has 0 radical (unpaired) electrons. The minimum absolute atomic E-state index is 0.0385. The van der Waals surface area contributed by atoms with Crippen LogP contribution in [0.2, 0.25) is 0 Å². The van der Waals surface area contributed by atoms with Crippen molar-refractivity contribution in [1.82, 2.24) is 0 Å². The Labute approximate surface area is 192 Å². The molecule has 6 nitrogen and oxygen atoms in total. The Morgan fingerprint density at radius 3 is 2.31 bits per heavy atom. The van der Waals surface area contributed by atoms with E-state index in [0.29, 0.717) is 36.3 Å². The van der Waals surface area contributed by atoms with Gasteiger partial charge in [-0.1, -0.05) is 32.1 Å². The summed E-state index contributed by atoms with van der Waals surface area (Å²) in [4.78, 5) is 24.1. The largest absolute Gasteiger partial charge is 0.496 e. The first-order chi connectivity index (χ1) is 15.3. The number of benzene rings is 1. The first-order valence-corrected chi connectivity index (χ1v) is 12.1. The zero-order valence-electron chi connectivity index (χ0n) is 20.2. The lowest BCUT2D eigenvalue weighted by atomic mass is 9.98. The molecule has 6 heteroatoms. The number of methoxy groups -OCH3 is 1. The third-order valence-corrected chi connectivity index (χ3v) is 5.76. The van der Waals surface area contributed by atoms with Crippen LogP contribution in [0.25, 0.3) is 0 Å². The second-order valence-electron chi connectivity index (χ2n) is 9.09. The molecular formula is C26H40O6. The molecule has 0 amide bonds. The maximum atomic E-state index is 12.4. The first-order valence-electron chi connectivity index (χ1n) is 12.1. The van der Waals surface area contributed by atoms with Crippen molar-refractivity contribution >= 4 is 11.8 Å². The molecule has 2 rings (SSSR count). The van der Waals surface area contributed by atoms with E-state index in [4.69, 9.17) is 14.2 Å². The quantitative estimate of drug-likeness (QED) is 0.249. The lowest BCUT2D eigenvalue weighted by Crippen LogP contribution is -2.07. The van der Waals surface area contributed by atoms with Gasteiger partial charge in [-0.25, -0.2) is 4.79 Å². The van der Waals surface area contributed by atoms with Crippen molar-refractivity contribution < 1.29 is 28.9 Å². The summed E-state index contributed by atoms with van der Waals surface area (Å²) in [6.07, 6.45) is 9.43. The van der Waals surface area contributed by atoms with Crippen LogP contribution in [0, 0.1) is 0 Å². The molecule has 1 aromatic carbocycles. The summed E-state index contributed by atoms with van der Waals surface area (Å²) in [5.41, 5.74) is 1.39. The zero-order chi connectivity index (χ0) is 23.5.